The average molecular weight is 334 g/mol. The normalized spacial score (nSPS) is 19.2. The van der Waals surface area contributed by atoms with E-state index < -0.39 is 4.92 Å². The number of nitrogens with zero attached hydrogens (tertiary/aromatic N) is 3. The molecule has 8 heteroatoms. The summed E-state index contributed by atoms with van der Waals surface area (Å²) < 4.78 is 5.30. The van der Waals surface area contributed by atoms with Crippen LogP contribution < -0.4 is 10.2 Å². The quantitative estimate of drug-likeness (QED) is 0.670. The van der Waals surface area contributed by atoms with Crippen LogP contribution in [0.5, 0.6) is 0 Å². The Morgan fingerprint density at radius 3 is 2.33 bits per heavy atom. The minimum Gasteiger partial charge on any atom is -0.381 e. The number of carbonyl (C=O) groups excluding carboxylic acids is 1. The van der Waals surface area contributed by atoms with Gasteiger partial charge < -0.3 is 19.9 Å². The van der Waals surface area contributed by atoms with Crippen molar-refractivity contribution in [3.05, 3.63) is 34.4 Å². The molecular formula is C16H22N4O4. The molecule has 2 saturated heterocycles. The topological polar surface area (TPSA) is 88.0 Å². The van der Waals surface area contributed by atoms with Gasteiger partial charge >= 0.3 is 6.03 Å². The number of anilines is 1. The zero-order valence-electron chi connectivity index (χ0n) is 13.5. The van der Waals surface area contributed by atoms with Crippen molar-refractivity contribution in [2.24, 2.45) is 0 Å². The maximum absolute atomic E-state index is 12.3. The largest absolute Gasteiger partial charge is 0.381 e. The van der Waals surface area contributed by atoms with E-state index in [0.717, 1.165) is 31.6 Å². The van der Waals surface area contributed by atoms with Crippen molar-refractivity contribution in [2.75, 3.05) is 44.3 Å². The number of hydrogen-bond donors (Lipinski definition) is 1. The number of carbonyl (C=O) groups is 1. The van der Waals surface area contributed by atoms with Crippen molar-refractivity contribution in [2.45, 2.75) is 18.9 Å². The first-order valence-corrected chi connectivity index (χ1v) is 8.26. The second-order valence-corrected chi connectivity index (χ2v) is 6.08. The first-order chi connectivity index (χ1) is 11.6. The van der Waals surface area contributed by atoms with Crippen LogP contribution in [0.2, 0.25) is 0 Å². The molecule has 2 amide bonds. The molecule has 0 atom stereocenters. The third-order valence-corrected chi connectivity index (χ3v) is 4.54. The molecule has 0 aromatic heterocycles. The Morgan fingerprint density at radius 2 is 1.75 bits per heavy atom. The van der Waals surface area contributed by atoms with Crippen LogP contribution in [0, 0.1) is 10.1 Å². The molecule has 0 aliphatic carbocycles. The lowest BCUT2D eigenvalue weighted by atomic mass is 10.1. The molecule has 0 unspecified atom stereocenters. The summed E-state index contributed by atoms with van der Waals surface area (Å²) in [6.45, 7) is 4.15. The molecule has 2 aliphatic heterocycles. The van der Waals surface area contributed by atoms with Crippen LogP contribution in [0.4, 0.5) is 16.2 Å². The standard InChI is InChI=1S/C16H22N4O4/c21-16(17-13-5-11-24-12-6-13)19-9-7-18(8-10-19)14-1-3-15(4-2-14)20(22)23/h1-4,13H,5-12H2,(H,17,21). The van der Waals surface area contributed by atoms with E-state index in [1.807, 2.05) is 4.90 Å². The minimum atomic E-state index is -0.400. The number of rotatable bonds is 3. The zero-order valence-corrected chi connectivity index (χ0v) is 13.5. The number of amides is 2. The Balaban J connectivity index is 1.49. The molecule has 3 rings (SSSR count). The molecular weight excluding hydrogens is 312 g/mol. The molecule has 8 nitrogen and oxygen atoms in total. The van der Waals surface area contributed by atoms with E-state index in [9.17, 15) is 14.9 Å². The van der Waals surface area contributed by atoms with Gasteiger partial charge in [0, 0.05) is 63.3 Å². The van der Waals surface area contributed by atoms with Gasteiger partial charge in [0.15, 0.2) is 0 Å². The van der Waals surface area contributed by atoms with Gasteiger partial charge in [-0.1, -0.05) is 0 Å². The smallest absolute Gasteiger partial charge is 0.317 e. The number of nitro groups is 1. The molecule has 130 valence electrons. The third-order valence-electron chi connectivity index (χ3n) is 4.54. The Bertz CT molecular complexity index is 578. The summed E-state index contributed by atoms with van der Waals surface area (Å²) in [5, 5.41) is 13.8. The first-order valence-electron chi connectivity index (χ1n) is 8.26. The van der Waals surface area contributed by atoms with Crippen LogP contribution in [-0.2, 0) is 4.74 Å². The fourth-order valence-corrected chi connectivity index (χ4v) is 3.06. The molecule has 2 aliphatic rings. The second kappa shape index (κ2) is 7.48. The number of non-ortho nitro benzene ring substituents is 1. The van der Waals surface area contributed by atoms with Gasteiger partial charge in [-0.15, -0.1) is 0 Å². The molecule has 0 spiro atoms. The summed E-state index contributed by atoms with van der Waals surface area (Å²) in [4.78, 5) is 26.6. The summed E-state index contributed by atoms with van der Waals surface area (Å²) in [5.74, 6) is 0. The molecule has 1 N–H and O–H groups in total. The van der Waals surface area contributed by atoms with Crippen LogP contribution in [0.3, 0.4) is 0 Å². The first kappa shape index (κ1) is 16.5. The average Bonchev–Trinajstić information content (AvgIpc) is 2.63. The van der Waals surface area contributed by atoms with E-state index in [-0.39, 0.29) is 17.8 Å². The number of piperazine rings is 1. The molecule has 0 bridgehead atoms. The van der Waals surface area contributed by atoms with Gasteiger partial charge in [0.25, 0.3) is 5.69 Å². The summed E-state index contributed by atoms with van der Waals surface area (Å²) in [7, 11) is 0. The number of ether oxygens (including phenoxy) is 1. The molecule has 0 saturated carbocycles. The highest BCUT2D eigenvalue weighted by Crippen LogP contribution is 2.20. The van der Waals surface area contributed by atoms with Gasteiger partial charge in [-0.2, -0.15) is 0 Å². The van der Waals surface area contributed by atoms with E-state index in [1.165, 1.54) is 12.1 Å². The highest BCUT2D eigenvalue weighted by molar-refractivity contribution is 5.75. The van der Waals surface area contributed by atoms with Gasteiger partial charge in [0.2, 0.25) is 0 Å². The predicted molar refractivity (Wildman–Crippen MR) is 89.3 cm³/mol. The van der Waals surface area contributed by atoms with Crippen LogP contribution in [0.1, 0.15) is 12.8 Å². The van der Waals surface area contributed by atoms with Gasteiger partial charge in [-0.05, 0) is 25.0 Å². The molecule has 1 aromatic carbocycles. The molecule has 1 aromatic rings. The summed E-state index contributed by atoms with van der Waals surface area (Å²) >= 11 is 0. The fourth-order valence-electron chi connectivity index (χ4n) is 3.06. The number of urea groups is 1. The van der Waals surface area contributed by atoms with Crippen LogP contribution in [0.25, 0.3) is 0 Å². The zero-order chi connectivity index (χ0) is 16.9. The fraction of sp³-hybridized carbons (Fsp3) is 0.562. The van der Waals surface area contributed by atoms with Crippen molar-refractivity contribution < 1.29 is 14.5 Å². The Morgan fingerprint density at radius 1 is 1.12 bits per heavy atom. The number of benzene rings is 1. The number of hydrogen-bond acceptors (Lipinski definition) is 5. The summed E-state index contributed by atoms with van der Waals surface area (Å²) in [5.41, 5.74) is 1.04. The lowest BCUT2D eigenvalue weighted by Crippen LogP contribution is -2.54. The minimum absolute atomic E-state index is 0.00903. The van der Waals surface area contributed by atoms with Crippen LogP contribution >= 0.6 is 0 Å². The van der Waals surface area contributed by atoms with Crippen molar-refractivity contribution in [1.82, 2.24) is 10.2 Å². The van der Waals surface area contributed by atoms with Crippen LogP contribution in [-0.4, -0.2) is 61.3 Å². The lowest BCUT2D eigenvalue weighted by molar-refractivity contribution is -0.384. The van der Waals surface area contributed by atoms with Crippen molar-refractivity contribution in [1.29, 1.82) is 0 Å². The molecule has 24 heavy (non-hydrogen) atoms. The van der Waals surface area contributed by atoms with Gasteiger partial charge in [0.1, 0.15) is 0 Å². The van der Waals surface area contributed by atoms with E-state index in [0.29, 0.717) is 26.3 Å². The van der Waals surface area contributed by atoms with E-state index in [1.54, 1.807) is 12.1 Å². The maximum Gasteiger partial charge on any atom is 0.317 e. The molecule has 2 fully saturated rings. The maximum atomic E-state index is 12.3. The SMILES string of the molecule is O=C(NC1CCOCC1)N1CCN(c2ccc([N+](=O)[O-])cc2)CC1. The third kappa shape index (κ3) is 3.94. The van der Waals surface area contributed by atoms with Crippen molar-refractivity contribution >= 4 is 17.4 Å². The van der Waals surface area contributed by atoms with Crippen molar-refractivity contribution in [3.63, 3.8) is 0 Å². The van der Waals surface area contributed by atoms with E-state index >= 15 is 0 Å². The lowest BCUT2D eigenvalue weighted by Gasteiger charge is -2.37. The number of nitro benzene ring substituents is 1. The number of nitrogens with one attached hydrogen (secondary N) is 1. The summed E-state index contributed by atoms with van der Waals surface area (Å²) in [6.07, 6.45) is 1.74. The van der Waals surface area contributed by atoms with E-state index in [4.69, 9.17) is 4.74 Å². The van der Waals surface area contributed by atoms with Crippen molar-refractivity contribution in [3.8, 4) is 0 Å². The molecule has 2 heterocycles. The highest BCUT2D eigenvalue weighted by atomic mass is 16.6. The van der Waals surface area contributed by atoms with Gasteiger partial charge in [0.05, 0.1) is 4.92 Å². The Hall–Kier alpha value is -2.35. The Labute approximate surface area is 140 Å². The monoisotopic (exact) mass is 334 g/mol. The van der Waals surface area contributed by atoms with E-state index in [2.05, 4.69) is 10.2 Å². The Kier molecular flexibility index (Phi) is 5.14. The predicted octanol–water partition coefficient (Wildman–Crippen LogP) is 1.61. The second-order valence-electron chi connectivity index (χ2n) is 6.08. The van der Waals surface area contributed by atoms with Gasteiger partial charge in [-0.3, -0.25) is 10.1 Å². The van der Waals surface area contributed by atoms with Crippen LogP contribution in [0.15, 0.2) is 24.3 Å². The molecule has 0 radical (unpaired) electrons. The summed E-state index contributed by atoms with van der Waals surface area (Å²) in [6, 6.07) is 6.74. The van der Waals surface area contributed by atoms with Gasteiger partial charge in [-0.25, -0.2) is 4.79 Å². The highest BCUT2D eigenvalue weighted by Gasteiger charge is 2.24.